The number of para-hydroxylation sites is 1. The number of ether oxygens (including phenoxy) is 1. The molecule has 1 atom stereocenters. The van der Waals surface area contributed by atoms with Crippen molar-refractivity contribution in [1.29, 1.82) is 0 Å². The minimum Gasteiger partial charge on any atom is -0.492 e. The molecule has 4 heteroatoms. The summed E-state index contributed by atoms with van der Waals surface area (Å²) in [5, 5.41) is 6.37. The predicted molar refractivity (Wildman–Crippen MR) is 96.0 cm³/mol. The summed E-state index contributed by atoms with van der Waals surface area (Å²) in [4.78, 5) is 12.0. The van der Waals surface area contributed by atoms with Crippen molar-refractivity contribution in [1.82, 2.24) is 10.6 Å². The van der Waals surface area contributed by atoms with Crippen molar-refractivity contribution in [3.05, 3.63) is 54.6 Å². The summed E-state index contributed by atoms with van der Waals surface area (Å²) in [6.45, 7) is 2.30. The number of amides is 1. The second kappa shape index (κ2) is 8.50. The van der Waals surface area contributed by atoms with Crippen LogP contribution in [0.4, 0.5) is 0 Å². The molecule has 1 amide bonds. The van der Waals surface area contributed by atoms with E-state index in [-0.39, 0.29) is 11.9 Å². The van der Waals surface area contributed by atoms with Crippen molar-refractivity contribution in [3.8, 4) is 16.9 Å². The van der Waals surface area contributed by atoms with Crippen LogP contribution in [0.25, 0.3) is 11.1 Å². The van der Waals surface area contributed by atoms with Crippen LogP contribution in [0.5, 0.6) is 5.75 Å². The van der Waals surface area contributed by atoms with Crippen LogP contribution >= 0.6 is 0 Å². The Kier molecular flexibility index (Phi) is 5.85. The van der Waals surface area contributed by atoms with Crippen LogP contribution in [0.2, 0.25) is 0 Å². The molecule has 2 aromatic carbocycles. The molecule has 0 aromatic heterocycles. The molecular formula is C20H24N2O2. The minimum absolute atomic E-state index is 0.0564. The SMILES string of the molecule is O=C(CCOc1ccccc1-c1ccccc1)N[C@H]1CCCNC1. The third-order valence-corrected chi connectivity index (χ3v) is 4.22. The van der Waals surface area contributed by atoms with Crippen molar-refractivity contribution in [3.63, 3.8) is 0 Å². The molecule has 2 N–H and O–H groups in total. The summed E-state index contributed by atoms with van der Waals surface area (Å²) in [7, 11) is 0. The topological polar surface area (TPSA) is 50.4 Å². The quantitative estimate of drug-likeness (QED) is 0.859. The molecule has 0 spiro atoms. The Morgan fingerprint density at radius 3 is 2.71 bits per heavy atom. The molecule has 126 valence electrons. The van der Waals surface area contributed by atoms with Gasteiger partial charge in [-0.15, -0.1) is 0 Å². The van der Waals surface area contributed by atoms with E-state index in [1.165, 1.54) is 0 Å². The Morgan fingerprint density at radius 1 is 1.12 bits per heavy atom. The maximum absolute atomic E-state index is 12.0. The van der Waals surface area contributed by atoms with E-state index in [2.05, 4.69) is 22.8 Å². The van der Waals surface area contributed by atoms with E-state index in [0.29, 0.717) is 13.0 Å². The zero-order chi connectivity index (χ0) is 16.6. The number of carbonyl (C=O) groups excluding carboxylic acids is 1. The van der Waals surface area contributed by atoms with Crippen molar-refractivity contribution < 1.29 is 9.53 Å². The molecule has 24 heavy (non-hydrogen) atoms. The maximum atomic E-state index is 12.0. The number of hydrogen-bond acceptors (Lipinski definition) is 3. The molecule has 1 aliphatic heterocycles. The first-order valence-electron chi connectivity index (χ1n) is 8.60. The van der Waals surface area contributed by atoms with Gasteiger partial charge in [0.2, 0.25) is 5.91 Å². The first kappa shape index (κ1) is 16.5. The molecular weight excluding hydrogens is 300 g/mol. The largest absolute Gasteiger partial charge is 0.492 e. The second-order valence-corrected chi connectivity index (χ2v) is 6.07. The van der Waals surface area contributed by atoms with Crippen molar-refractivity contribution in [2.24, 2.45) is 0 Å². The maximum Gasteiger partial charge on any atom is 0.223 e. The molecule has 0 aliphatic carbocycles. The second-order valence-electron chi connectivity index (χ2n) is 6.07. The summed E-state index contributed by atoms with van der Waals surface area (Å²) < 4.78 is 5.87. The molecule has 0 bridgehead atoms. The van der Waals surface area contributed by atoms with Crippen LogP contribution in [0, 0.1) is 0 Å². The average molecular weight is 324 g/mol. The van der Waals surface area contributed by atoms with E-state index in [1.807, 2.05) is 42.5 Å². The third-order valence-electron chi connectivity index (χ3n) is 4.22. The summed E-state index contributed by atoms with van der Waals surface area (Å²) >= 11 is 0. The Hall–Kier alpha value is -2.33. The Labute approximate surface area is 143 Å². The van der Waals surface area contributed by atoms with Gasteiger partial charge in [-0.05, 0) is 31.0 Å². The standard InChI is InChI=1S/C20H24N2O2/c23-20(22-17-9-6-13-21-15-17)12-14-24-19-11-5-4-10-18(19)16-7-2-1-3-8-16/h1-5,7-8,10-11,17,21H,6,9,12-15H2,(H,22,23)/t17-/m0/s1. The smallest absolute Gasteiger partial charge is 0.223 e. The fourth-order valence-electron chi connectivity index (χ4n) is 2.98. The van der Waals surface area contributed by atoms with Crippen molar-refractivity contribution >= 4 is 5.91 Å². The van der Waals surface area contributed by atoms with Crippen LogP contribution in [0.1, 0.15) is 19.3 Å². The van der Waals surface area contributed by atoms with Gasteiger partial charge in [0.05, 0.1) is 13.0 Å². The molecule has 0 saturated carbocycles. The van der Waals surface area contributed by atoms with Gasteiger partial charge in [-0.2, -0.15) is 0 Å². The molecule has 1 aliphatic rings. The fraction of sp³-hybridized carbons (Fsp3) is 0.350. The zero-order valence-electron chi connectivity index (χ0n) is 13.8. The van der Waals surface area contributed by atoms with Gasteiger partial charge in [0.25, 0.3) is 0 Å². The lowest BCUT2D eigenvalue weighted by molar-refractivity contribution is -0.122. The van der Waals surface area contributed by atoms with Gasteiger partial charge in [-0.25, -0.2) is 0 Å². The monoisotopic (exact) mass is 324 g/mol. The van der Waals surface area contributed by atoms with Crippen LogP contribution in [-0.4, -0.2) is 31.6 Å². The molecule has 0 radical (unpaired) electrons. The fourth-order valence-corrected chi connectivity index (χ4v) is 2.98. The Bertz CT molecular complexity index is 652. The van der Waals surface area contributed by atoms with Gasteiger partial charge in [-0.3, -0.25) is 4.79 Å². The third kappa shape index (κ3) is 4.59. The lowest BCUT2D eigenvalue weighted by Gasteiger charge is -2.23. The first-order valence-corrected chi connectivity index (χ1v) is 8.60. The number of benzene rings is 2. The van der Waals surface area contributed by atoms with E-state index in [4.69, 9.17) is 4.74 Å². The lowest BCUT2D eigenvalue weighted by atomic mass is 10.1. The molecule has 2 aromatic rings. The zero-order valence-corrected chi connectivity index (χ0v) is 13.8. The van der Waals surface area contributed by atoms with E-state index in [9.17, 15) is 4.79 Å². The lowest BCUT2D eigenvalue weighted by Crippen LogP contribution is -2.45. The summed E-state index contributed by atoms with van der Waals surface area (Å²) in [6, 6.07) is 18.3. The number of rotatable bonds is 6. The van der Waals surface area contributed by atoms with Gasteiger partial charge >= 0.3 is 0 Å². The normalized spacial score (nSPS) is 17.2. The van der Waals surface area contributed by atoms with Crippen molar-refractivity contribution in [2.45, 2.75) is 25.3 Å². The van der Waals surface area contributed by atoms with Gasteiger partial charge in [0, 0.05) is 18.2 Å². The Balaban J connectivity index is 1.52. The molecule has 1 heterocycles. The van der Waals surface area contributed by atoms with E-state index in [1.54, 1.807) is 0 Å². The van der Waals surface area contributed by atoms with Gasteiger partial charge < -0.3 is 15.4 Å². The van der Waals surface area contributed by atoms with Gasteiger partial charge in [-0.1, -0.05) is 48.5 Å². The minimum atomic E-state index is 0.0564. The van der Waals surface area contributed by atoms with Crippen LogP contribution in [-0.2, 0) is 4.79 Å². The van der Waals surface area contributed by atoms with Gasteiger partial charge in [0.15, 0.2) is 0 Å². The number of nitrogens with one attached hydrogen (secondary N) is 2. The Morgan fingerprint density at radius 2 is 1.92 bits per heavy atom. The van der Waals surface area contributed by atoms with Gasteiger partial charge in [0.1, 0.15) is 5.75 Å². The van der Waals surface area contributed by atoms with Crippen molar-refractivity contribution in [2.75, 3.05) is 19.7 Å². The predicted octanol–water partition coefficient (Wildman–Crippen LogP) is 2.99. The molecule has 1 saturated heterocycles. The van der Waals surface area contributed by atoms with E-state index in [0.717, 1.165) is 42.8 Å². The highest BCUT2D eigenvalue weighted by Crippen LogP contribution is 2.29. The average Bonchev–Trinajstić information content (AvgIpc) is 2.64. The molecule has 3 rings (SSSR count). The summed E-state index contributed by atoms with van der Waals surface area (Å²) in [6.07, 6.45) is 2.54. The number of piperidine rings is 1. The van der Waals surface area contributed by atoms with Crippen LogP contribution in [0.3, 0.4) is 0 Å². The number of hydrogen-bond donors (Lipinski definition) is 2. The molecule has 4 nitrogen and oxygen atoms in total. The van der Waals surface area contributed by atoms with Crippen LogP contribution in [0.15, 0.2) is 54.6 Å². The summed E-state index contributed by atoms with van der Waals surface area (Å²) in [5.74, 6) is 0.872. The first-order chi connectivity index (χ1) is 11.8. The molecule has 0 unspecified atom stereocenters. The highest BCUT2D eigenvalue weighted by Gasteiger charge is 2.15. The number of carbonyl (C=O) groups is 1. The highest BCUT2D eigenvalue weighted by atomic mass is 16.5. The summed E-state index contributed by atoms with van der Waals surface area (Å²) in [5.41, 5.74) is 2.17. The van der Waals surface area contributed by atoms with E-state index < -0.39 is 0 Å². The molecule has 1 fully saturated rings. The highest BCUT2D eigenvalue weighted by molar-refractivity contribution is 5.76. The van der Waals surface area contributed by atoms with E-state index >= 15 is 0 Å². The van der Waals surface area contributed by atoms with Crippen LogP contribution < -0.4 is 15.4 Å².